The van der Waals surface area contributed by atoms with Crippen LogP contribution in [0.2, 0.25) is 0 Å². The summed E-state index contributed by atoms with van der Waals surface area (Å²) in [5.74, 6) is 0.845. The Labute approximate surface area is 137 Å². The lowest BCUT2D eigenvalue weighted by Crippen LogP contribution is -1.92. The molecule has 0 amide bonds. The first-order chi connectivity index (χ1) is 10.1. The average molecular weight is 410 g/mol. The fourth-order valence-corrected chi connectivity index (χ4v) is 3.06. The standard InChI is InChI=1S/C14H10Br2N4O/c1-7-9(3-2-4-11(7)17)14-19-13(20-21-14)12-10(16)5-8(15)6-18-12/h2-6H,17H2,1H3. The van der Waals surface area contributed by atoms with Gasteiger partial charge in [-0.05, 0) is 62.5 Å². The predicted octanol–water partition coefficient (Wildman–Crippen LogP) is 4.21. The zero-order valence-electron chi connectivity index (χ0n) is 11.0. The molecular formula is C14H10Br2N4O. The summed E-state index contributed by atoms with van der Waals surface area (Å²) in [6, 6.07) is 7.47. The van der Waals surface area contributed by atoms with E-state index < -0.39 is 0 Å². The van der Waals surface area contributed by atoms with Gasteiger partial charge in [-0.2, -0.15) is 4.98 Å². The van der Waals surface area contributed by atoms with Crippen LogP contribution in [0.15, 0.2) is 43.9 Å². The number of hydrogen-bond acceptors (Lipinski definition) is 5. The maximum absolute atomic E-state index is 5.90. The molecule has 1 aromatic carbocycles. The Morgan fingerprint density at radius 3 is 2.81 bits per heavy atom. The third-order valence-electron chi connectivity index (χ3n) is 3.05. The first-order valence-electron chi connectivity index (χ1n) is 6.07. The number of nitrogens with two attached hydrogens (primary N) is 1. The molecule has 0 radical (unpaired) electrons. The molecule has 3 aromatic rings. The van der Waals surface area contributed by atoms with Gasteiger partial charge in [0.05, 0.1) is 0 Å². The monoisotopic (exact) mass is 408 g/mol. The van der Waals surface area contributed by atoms with E-state index in [1.165, 1.54) is 0 Å². The molecule has 2 aromatic heterocycles. The molecule has 5 nitrogen and oxygen atoms in total. The second kappa shape index (κ2) is 5.57. The van der Waals surface area contributed by atoms with Crippen LogP contribution in [0.1, 0.15) is 5.56 Å². The number of pyridine rings is 1. The van der Waals surface area contributed by atoms with E-state index in [0.29, 0.717) is 23.1 Å². The molecule has 21 heavy (non-hydrogen) atoms. The molecule has 0 aliphatic carbocycles. The molecule has 7 heteroatoms. The second-order valence-corrected chi connectivity index (χ2v) is 6.20. The zero-order chi connectivity index (χ0) is 15.0. The summed E-state index contributed by atoms with van der Waals surface area (Å²) in [7, 11) is 0. The highest BCUT2D eigenvalue weighted by molar-refractivity contribution is 9.11. The Morgan fingerprint density at radius 2 is 2.05 bits per heavy atom. The van der Waals surface area contributed by atoms with Crippen molar-refractivity contribution in [3.8, 4) is 23.0 Å². The molecule has 3 rings (SSSR count). The molecule has 0 bridgehead atoms. The second-order valence-electron chi connectivity index (χ2n) is 4.43. The van der Waals surface area contributed by atoms with E-state index in [9.17, 15) is 0 Å². The van der Waals surface area contributed by atoms with Gasteiger partial charge in [0.15, 0.2) is 0 Å². The molecule has 106 valence electrons. The summed E-state index contributed by atoms with van der Waals surface area (Å²) in [4.78, 5) is 8.69. The molecule has 0 saturated carbocycles. The maximum Gasteiger partial charge on any atom is 0.258 e. The number of aromatic nitrogens is 3. The van der Waals surface area contributed by atoms with E-state index in [0.717, 1.165) is 20.1 Å². The topological polar surface area (TPSA) is 77.8 Å². The number of hydrogen-bond donors (Lipinski definition) is 1. The summed E-state index contributed by atoms with van der Waals surface area (Å²) in [5, 5.41) is 3.99. The summed E-state index contributed by atoms with van der Waals surface area (Å²) in [5.41, 5.74) is 8.95. The average Bonchev–Trinajstić information content (AvgIpc) is 2.91. The number of halogens is 2. The van der Waals surface area contributed by atoms with E-state index in [1.807, 2.05) is 31.2 Å². The molecule has 0 aliphatic heterocycles. The highest BCUT2D eigenvalue weighted by Crippen LogP contribution is 2.30. The minimum atomic E-state index is 0.422. The first-order valence-corrected chi connectivity index (χ1v) is 7.65. The van der Waals surface area contributed by atoms with Crippen LogP contribution < -0.4 is 5.73 Å². The Hall–Kier alpha value is -1.73. The van der Waals surface area contributed by atoms with Crippen molar-refractivity contribution in [2.75, 3.05) is 5.73 Å². The Bertz CT molecular complexity index is 816. The quantitative estimate of drug-likeness (QED) is 0.641. The van der Waals surface area contributed by atoms with Crippen molar-refractivity contribution in [1.29, 1.82) is 0 Å². The Morgan fingerprint density at radius 1 is 1.24 bits per heavy atom. The summed E-state index contributed by atoms with van der Waals surface area (Å²) < 4.78 is 6.99. The number of anilines is 1. The highest BCUT2D eigenvalue weighted by Gasteiger charge is 2.16. The number of rotatable bonds is 2. The van der Waals surface area contributed by atoms with Gasteiger partial charge < -0.3 is 10.3 Å². The lowest BCUT2D eigenvalue weighted by molar-refractivity contribution is 0.432. The molecule has 0 unspecified atom stereocenters. The lowest BCUT2D eigenvalue weighted by atomic mass is 10.1. The van der Waals surface area contributed by atoms with Crippen molar-refractivity contribution in [2.45, 2.75) is 6.92 Å². The molecule has 0 spiro atoms. The number of nitrogen functional groups attached to an aromatic ring is 1. The third-order valence-corrected chi connectivity index (χ3v) is 4.09. The number of nitrogens with zero attached hydrogens (tertiary/aromatic N) is 3. The van der Waals surface area contributed by atoms with Gasteiger partial charge in [0.25, 0.3) is 5.89 Å². The molecular weight excluding hydrogens is 400 g/mol. The van der Waals surface area contributed by atoms with Crippen molar-refractivity contribution < 1.29 is 4.52 Å². The van der Waals surface area contributed by atoms with Gasteiger partial charge in [0, 0.05) is 26.4 Å². The van der Waals surface area contributed by atoms with Crippen LogP contribution >= 0.6 is 31.9 Å². The smallest absolute Gasteiger partial charge is 0.258 e. The van der Waals surface area contributed by atoms with Gasteiger partial charge >= 0.3 is 0 Å². The van der Waals surface area contributed by atoms with Crippen LogP contribution in [0, 0.1) is 6.92 Å². The third kappa shape index (κ3) is 2.71. The van der Waals surface area contributed by atoms with E-state index in [4.69, 9.17) is 10.3 Å². The summed E-state index contributed by atoms with van der Waals surface area (Å²) in [6.07, 6.45) is 1.68. The van der Waals surface area contributed by atoms with E-state index >= 15 is 0 Å². The van der Waals surface area contributed by atoms with Crippen molar-refractivity contribution in [3.63, 3.8) is 0 Å². The van der Waals surface area contributed by atoms with Crippen LogP contribution in [-0.2, 0) is 0 Å². The van der Waals surface area contributed by atoms with Crippen molar-refractivity contribution in [1.82, 2.24) is 15.1 Å². The maximum atomic E-state index is 5.90. The first kappa shape index (κ1) is 14.2. The molecule has 0 saturated heterocycles. The van der Waals surface area contributed by atoms with Crippen molar-refractivity contribution in [2.24, 2.45) is 0 Å². The van der Waals surface area contributed by atoms with Crippen LogP contribution in [0.5, 0.6) is 0 Å². The van der Waals surface area contributed by atoms with Gasteiger partial charge in [0.1, 0.15) is 5.69 Å². The molecule has 0 fully saturated rings. The van der Waals surface area contributed by atoms with Crippen LogP contribution in [0.4, 0.5) is 5.69 Å². The van der Waals surface area contributed by atoms with Gasteiger partial charge in [0.2, 0.25) is 5.82 Å². The minimum Gasteiger partial charge on any atom is -0.398 e. The van der Waals surface area contributed by atoms with Gasteiger partial charge in [-0.3, -0.25) is 4.98 Å². The van der Waals surface area contributed by atoms with Gasteiger partial charge in [-0.25, -0.2) is 0 Å². The molecule has 0 atom stereocenters. The van der Waals surface area contributed by atoms with E-state index in [-0.39, 0.29) is 0 Å². The lowest BCUT2D eigenvalue weighted by Gasteiger charge is -2.03. The SMILES string of the molecule is Cc1c(N)cccc1-c1nc(-c2ncc(Br)cc2Br)no1. The number of benzene rings is 1. The minimum absolute atomic E-state index is 0.422. The zero-order valence-corrected chi connectivity index (χ0v) is 14.1. The fraction of sp³-hybridized carbons (Fsp3) is 0.0714. The largest absolute Gasteiger partial charge is 0.398 e. The molecule has 2 N–H and O–H groups in total. The van der Waals surface area contributed by atoms with Crippen LogP contribution in [0.25, 0.3) is 23.0 Å². The van der Waals surface area contributed by atoms with Crippen LogP contribution in [0.3, 0.4) is 0 Å². The Balaban J connectivity index is 2.06. The predicted molar refractivity (Wildman–Crippen MR) is 87.5 cm³/mol. The summed E-state index contributed by atoms with van der Waals surface area (Å²) in [6.45, 7) is 1.92. The fourth-order valence-electron chi connectivity index (χ4n) is 1.89. The highest BCUT2D eigenvalue weighted by atomic mass is 79.9. The Kier molecular flexibility index (Phi) is 3.77. The molecule has 2 heterocycles. The van der Waals surface area contributed by atoms with Gasteiger partial charge in [-0.15, -0.1) is 0 Å². The van der Waals surface area contributed by atoms with Gasteiger partial charge in [-0.1, -0.05) is 11.2 Å². The normalized spacial score (nSPS) is 10.8. The van der Waals surface area contributed by atoms with Crippen LogP contribution in [-0.4, -0.2) is 15.1 Å². The van der Waals surface area contributed by atoms with Crippen molar-refractivity contribution >= 4 is 37.5 Å². The summed E-state index contributed by atoms with van der Waals surface area (Å²) >= 11 is 6.80. The van der Waals surface area contributed by atoms with E-state index in [1.54, 1.807) is 6.20 Å². The van der Waals surface area contributed by atoms with E-state index in [2.05, 4.69) is 47.0 Å². The van der Waals surface area contributed by atoms with Crippen molar-refractivity contribution in [3.05, 3.63) is 45.0 Å². The molecule has 0 aliphatic rings.